The van der Waals surface area contributed by atoms with Crippen LogP contribution in [-0.4, -0.2) is 18.5 Å². The summed E-state index contributed by atoms with van der Waals surface area (Å²) in [6.45, 7) is 0.0784. The van der Waals surface area contributed by atoms with Crippen LogP contribution in [0.4, 0.5) is 4.39 Å². The van der Waals surface area contributed by atoms with Crippen molar-refractivity contribution in [3.8, 4) is 11.5 Å². The first kappa shape index (κ1) is 15.3. The number of benzene rings is 2. The number of hydrogen-bond acceptors (Lipinski definition) is 4. The number of oxime groups is 1. The molecular formula is C15H13BrFNO3. The van der Waals surface area contributed by atoms with Gasteiger partial charge in [-0.3, -0.25) is 0 Å². The number of ether oxygens (including phenoxy) is 2. The first-order valence-corrected chi connectivity index (χ1v) is 6.86. The monoisotopic (exact) mass is 353 g/mol. The maximum atomic E-state index is 13.6. The molecule has 110 valence electrons. The van der Waals surface area contributed by atoms with Crippen molar-refractivity contribution in [2.75, 3.05) is 7.11 Å². The Bertz CT molecular complexity index is 661. The third-order valence-electron chi connectivity index (χ3n) is 2.79. The lowest BCUT2D eigenvalue weighted by Crippen LogP contribution is -2.01. The van der Waals surface area contributed by atoms with Gasteiger partial charge in [-0.1, -0.05) is 23.4 Å². The van der Waals surface area contributed by atoms with E-state index < -0.39 is 0 Å². The molecule has 1 N–H and O–H groups in total. The van der Waals surface area contributed by atoms with Crippen LogP contribution in [0.15, 0.2) is 46.0 Å². The van der Waals surface area contributed by atoms with Gasteiger partial charge in [0.1, 0.15) is 12.4 Å². The lowest BCUT2D eigenvalue weighted by atomic mass is 10.2. The number of halogens is 2. The molecule has 0 atom stereocenters. The largest absolute Gasteiger partial charge is 0.493 e. The average Bonchev–Trinajstić information content (AvgIpc) is 2.47. The predicted octanol–water partition coefficient (Wildman–Crippen LogP) is 3.98. The van der Waals surface area contributed by atoms with Crippen LogP contribution in [0.25, 0.3) is 0 Å². The predicted molar refractivity (Wildman–Crippen MR) is 80.8 cm³/mol. The van der Waals surface area contributed by atoms with Crippen molar-refractivity contribution in [2.45, 2.75) is 6.61 Å². The van der Waals surface area contributed by atoms with Crippen molar-refractivity contribution in [1.82, 2.24) is 0 Å². The van der Waals surface area contributed by atoms with Gasteiger partial charge in [-0.25, -0.2) is 4.39 Å². The van der Waals surface area contributed by atoms with E-state index in [1.165, 1.54) is 19.4 Å². The van der Waals surface area contributed by atoms with Crippen molar-refractivity contribution in [3.63, 3.8) is 0 Å². The molecule has 0 radical (unpaired) electrons. The van der Waals surface area contributed by atoms with Gasteiger partial charge in [0.25, 0.3) is 0 Å². The molecule has 0 fully saturated rings. The maximum Gasteiger partial charge on any atom is 0.175 e. The summed E-state index contributed by atoms with van der Waals surface area (Å²) < 4.78 is 25.1. The van der Waals surface area contributed by atoms with Gasteiger partial charge in [0, 0.05) is 11.1 Å². The van der Waals surface area contributed by atoms with Gasteiger partial charge >= 0.3 is 0 Å². The molecule has 2 aromatic rings. The summed E-state index contributed by atoms with van der Waals surface area (Å²) in [4.78, 5) is 0. The molecule has 0 aliphatic heterocycles. The second kappa shape index (κ2) is 7.08. The molecule has 21 heavy (non-hydrogen) atoms. The van der Waals surface area contributed by atoms with Gasteiger partial charge in [0.15, 0.2) is 11.5 Å². The van der Waals surface area contributed by atoms with Gasteiger partial charge < -0.3 is 14.7 Å². The van der Waals surface area contributed by atoms with Crippen molar-refractivity contribution < 1.29 is 19.1 Å². The molecule has 0 unspecified atom stereocenters. The average molecular weight is 354 g/mol. The Balaban J connectivity index is 2.25. The van der Waals surface area contributed by atoms with Crippen LogP contribution in [0.3, 0.4) is 0 Å². The summed E-state index contributed by atoms with van der Waals surface area (Å²) in [5, 5.41) is 11.5. The van der Waals surface area contributed by atoms with Gasteiger partial charge in [-0.15, -0.1) is 0 Å². The highest BCUT2D eigenvalue weighted by molar-refractivity contribution is 9.10. The number of nitrogens with zero attached hydrogens (tertiary/aromatic N) is 1. The van der Waals surface area contributed by atoms with Crippen molar-refractivity contribution in [1.29, 1.82) is 0 Å². The van der Waals surface area contributed by atoms with Crippen LogP contribution in [0.2, 0.25) is 0 Å². The van der Waals surface area contributed by atoms with E-state index in [9.17, 15) is 4.39 Å². The van der Waals surface area contributed by atoms with Gasteiger partial charge in [-0.05, 0) is 34.1 Å². The Morgan fingerprint density at radius 2 is 2.10 bits per heavy atom. The molecule has 0 bridgehead atoms. The van der Waals surface area contributed by atoms with Crippen LogP contribution < -0.4 is 9.47 Å². The molecule has 0 spiro atoms. The number of rotatable bonds is 5. The molecule has 2 rings (SSSR count). The highest BCUT2D eigenvalue weighted by Gasteiger charge is 2.12. The number of hydrogen-bond donors (Lipinski definition) is 1. The van der Waals surface area contributed by atoms with E-state index >= 15 is 0 Å². The topological polar surface area (TPSA) is 51.0 Å². The molecule has 0 aliphatic carbocycles. The summed E-state index contributed by atoms with van der Waals surface area (Å²) in [7, 11) is 1.50. The molecule has 0 saturated carbocycles. The standard InChI is InChI=1S/C15H13BrFNO3/c1-20-14-7-10(8-18-19)6-12(16)15(14)21-9-11-4-2-3-5-13(11)17/h2-8,19H,9H2,1H3. The fourth-order valence-corrected chi connectivity index (χ4v) is 2.36. The normalized spacial score (nSPS) is 10.8. The summed E-state index contributed by atoms with van der Waals surface area (Å²) in [6, 6.07) is 9.77. The molecule has 0 saturated heterocycles. The summed E-state index contributed by atoms with van der Waals surface area (Å²) in [5.74, 6) is 0.586. The van der Waals surface area contributed by atoms with Crippen molar-refractivity contribution >= 4 is 22.1 Å². The first-order chi connectivity index (χ1) is 10.2. The Hall–Kier alpha value is -2.08. The fourth-order valence-electron chi connectivity index (χ4n) is 1.79. The van der Waals surface area contributed by atoms with Crippen molar-refractivity contribution in [3.05, 3.63) is 57.8 Å². The van der Waals surface area contributed by atoms with E-state index in [0.717, 1.165) is 0 Å². The quantitative estimate of drug-likeness (QED) is 0.502. The van der Waals surface area contributed by atoms with Gasteiger partial charge in [-0.2, -0.15) is 0 Å². The third kappa shape index (κ3) is 3.72. The minimum atomic E-state index is -0.323. The van der Waals surface area contributed by atoms with Crippen LogP contribution in [0.5, 0.6) is 11.5 Å². The Labute approximate surface area is 129 Å². The van der Waals surface area contributed by atoms with Gasteiger partial charge in [0.05, 0.1) is 17.8 Å². The van der Waals surface area contributed by atoms with E-state index in [-0.39, 0.29) is 12.4 Å². The zero-order chi connectivity index (χ0) is 15.2. The molecule has 0 heterocycles. The Morgan fingerprint density at radius 1 is 1.33 bits per heavy atom. The summed E-state index contributed by atoms with van der Waals surface area (Å²) >= 11 is 3.36. The second-order valence-electron chi connectivity index (χ2n) is 4.16. The van der Waals surface area contributed by atoms with E-state index in [4.69, 9.17) is 14.7 Å². The van der Waals surface area contributed by atoms with E-state index in [1.54, 1.807) is 30.3 Å². The first-order valence-electron chi connectivity index (χ1n) is 6.07. The van der Waals surface area contributed by atoms with Gasteiger partial charge in [0.2, 0.25) is 0 Å². The van der Waals surface area contributed by atoms with E-state index in [2.05, 4.69) is 21.1 Å². The molecule has 6 heteroatoms. The van der Waals surface area contributed by atoms with Crippen LogP contribution in [0.1, 0.15) is 11.1 Å². The lowest BCUT2D eigenvalue weighted by Gasteiger charge is -2.13. The fraction of sp³-hybridized carbons (Fsp3) is 0.133. The lowest BCUT2D eigenvalue weighted by molar-refractivity contribution is 0.278. The van der Waals surface area contributed by atoms with Crippen molar-refractivity contribution in [2.24, 2.45) is 5.16 Å². The highest BCUT2D eigenvalue weighted by atomic mass is 79.9. The molecular weight excluding hydrogens is 341 g/mol. The molecule has 0 aliphatic rings. The molecule has 0 aromatic heterocycles. The minimum Gasteiger partial charge on any atom is -0.493 e. The Kier molecular flexibility index (Phi) is 5.16. The van der Waals surface area contributed by atoms with Crippen LogP contribution in [0, 0.1) is 5.82 Å². The smallest absolute Gasteiger partial charge is 0.175 e. The zero-order valence-electron chi connectivity index (χ0n) is 11.2. The Morgan fingerprint density at radius 3 is 2.76 bits per heavy atom. The van der Waals surface area contributed by atoms with Crippen LogP contribution >= 0.6 is 15.9 Å². The molecule has 4 nitrogen and oxygen atoms in total. The van der Waals surface area contributed by atoms with E-state index in [0.29, 0.717) is 27.1 Å². The minimum absolute atomic E-state index is 0.0784. The SMILES string of the molecule is COc1cc(C=NO)cc(Br)c1OCc1ccccc1F. The van der Waals surface area contributed by atoms with E-state index in [1.807, 2.05) is 0 Å². The molecule has 0 amide bonds. The second-order valence-corrected chi connectivity index (χ2v) is 5.01. The zero-order valence-corrected chi connectivity index (χ0v) is 12.8. The molecule has 2 aromatic carbocycles. The highest BCUT2D eigenvalue weighted by Crippen LogP contribution is 2.36. The van der Waals surface area contributed by atoms with Crippen LogP contribution in [-0.2, 0) is 6.61 Å². The number of methoxy groups -OCH3 is 1. The third-order valence-corrected chi connectivity index (χ3v) is 3.38. The summed E-state index contributed by atoms with van der Waals surface area (Å²) in [5.41, 5.74) is 1.09. The summed E-state index contributed by atoms with van der Waals surface area (Å²) in [6.07, 6.45) is 1.27. The maximum absolute atomic E-state index is 13.6.